The lowest BCUT2D eigenvalue weighted by atomic mass is 9.88. The molecule has 2 heterocycles. The van der Waals surface area contributed by atoms with Crippen LogP contribution in [0.25, 0.3) is 0 Å². The van der Waals surface area contributed by atoms with Gasteiger partial charge >= 0.3 is 0 Å². The number of allylic oxidation sites excluding steroid dienone is 1. The van der Waals surface area contributed by atoms with Crippen molar-refractivity contribution in [3.8, 4) is 0 Å². The van der Waals surface area contributed by atoms with Crippen LogP contribution in [-0.2, 0) is 14.3 Å². The number of ether oxygens (including phenoxy) is 2. The van der Waals surface area contributed by atoms with Gasteiger partial charge in [-0.3, -0.25) is 4.79 Å². The Kier molecular flexibility index (Phi) is 4.65. The van der Waals surface area contributed by atoms with E-state index < -0.39 is 5.79 Å². The molecule has 4 nitrogen and oxygen atoms in total. The largest absolute Gasteiger partial charge is 0.348 e. The van der Waals surface area contributed by atoms with Gasteiger partial charge in [-0.2, -0.15) is 0 Å². The maximum atomic E-state index is 12.4. The first-order valence-corrected chi connectivity index (χ1v) is 8.41. The molecule has 0 aromatic rings. The van der Waals surface area contributed by atoms with E-state index in [1.165, 1.54) is 18.4 Å². The number of nitrogens with zero attached hydrogens (tertiary/aromatic N) is 1. The molecule has 3 rings (SSSR count). The van der Waals surface area contributed by atoms with Gasteiger partial charge in [0.1, 0.15) is 0 Å². The highest BCUT2D eigenvalue weighted by molar-refractivity contribution is 5.78. The summed E-state index contributed by atoms with van der Waals surface area (Å²) in [6.07, 6.45) is 9.67. The van der Waals surface area contributed by atoms with E-state index in [9.17, 15) is 4.79 Å². The number of piperidine rings is 1. The second kappa shape index (κ2) is 6.49. The highest BCUT2D eigenvalue weighted by atomic mass is 16.7. The number of carbonyl (C=O) groups is 1. The van der Waals surface area contributed by atoms with Gasteiger partial charge in [0.2, 0.25) is 5.91 Å². The van der Waals surface area contributed by atoms with E-state index in [0.29, 0.717) is 31.5 Å². The van der Waals surface area contributed by atoms with Gasteiger partial charge in [0, 0.05) is 25.4 Å². The van der Waals surface area contributed by atoms with Crippen LogP contribution >= 0.6 is 0 Å². The van der Waals surface area contributed by atoms with Gasteiger partial charge in [0.25, 0.3) is 0 Å². The number of carbonyl (C=O) groups excluding carboxylic acids is 1. The Labute approximate surface area is 127 Å². The van der Waals surface area contributed by atoms with Crippen LogP contribution in [0.3, 0.4) is 0 Å². The van der Waals surface area contributed by atoms with Crippen LogP contribution in [0.4, 0.5) is 0 Å². The molecule has 0 aromatic carbocycles. The fraction of sp³-hybridized carbons (Fsp3) is 0.824. The van der Waals surface area contributed by atoms with Crippen LogP contribution in [0.1, 0.15) is 51.9 Å². The molecular formula is C17H27NO3. The molecule has 2 fully saturated rings. The van der Waals surface area contributed by atoms with Gasteiger partial charge in [-0.15, -0.1) is 0 Å². The molecule has 118 valence electrons. The zero-order valence-electron chi connectivity index (χ0n) is 13.1. The van der Waals surface area contributed by atoms with E-state index in [4.69, 9.17) is 9.47 Å². The molecule has 0 atom stereocenters. The van der Waals surface area contributed by atoms with Crippen molar-refractivity contribution in [2.75, 3.05) is 26.3 Å². The third-order valence-corrected chi connectivity index (χ3v) is 5.21. The maximum absolute atomic E-state index is 12.4. The summed E-state index contributed by atoms with van der Waals surface area (Å²) in [6.45, 7) is 5.14. The fourth-order valence-electron chi connectivity index (χ4n) is 3.79. The molecule has 0 saturated carbocycles. The summed E-state index contributed by atoms with van der Waals surface area (Å²) in [5.41, 5.74) is 1.35. The Morgan fingerprint density at radius 1 is 1.29 bits per heavy atom. The van der Waals surface area contributed by atoms with Gasteiger partial charge in [-0.05, 0) is 45.4 Å². The van der Waals surface area contributed by atoms with Gasteiger partial charge in [-0.25, -0.2) is 0 Å². The second-order valence-corrected chi connectivity index (χ2v) is 6.65. The minimum absolute atomic E-state index is 0.306. The SMILES string of the molecule is CC1(C2CCN(C(=O)CC3=CCCCC3)CC2)OCCO1. The standard InChI is InChI=1S/C17H27NO3/c1-17(20-11-12-21-17)15-7-9-18(10-8-15)16(19)13-14-5-3-2-4-6-14/h5,15H,2-4,6-13H2,1H3. The van der Waals surface area contributed by atoms with Crippen LogP contribution in [0.5, 0.6) is 0 Å². The predicted molar refractivity (Wildman–Crippen MR) is 80.8 cm³/mol. The van der Waals surface area contributed by atoms with Crippen LogP contribution in [0, 0.1) is 5.92 Å². The third-order valence-electron chi connectivity index (χ3n) is 5.21. The molecule has 1 amide bonds. The van der Waals surface area contributed by atoms with Crippen molar-refractivity contribution in [1.82, 2.24) is 4.90 Å². The second-order valence-electron chi connectivity index (χ2n) is 6.65. The first kappa shape index (κ1) is 15.0. The maximum Gasteiger partial charge on any atom is 0.226 e. The van der Waals surface area contributed by atoms with Crippen molar-refractivity contribution in [2.45, 2.75) is 57.7 Å². The summed E-state index contributed by atoms with van der Waals surface area (Å²) < 4.78 is 11.5. The Hall–Kier alpha value is -0.870. The van der Waals surface area contributed by atoms with Crippen molar-refractivity contribution >= 4 is 5.91 Å². The smallest absolute Gasteiger partial charge is 0.226 e. The molecule has 0 aromatic heterocycles. The van der Waals surface area contributed by atoms with Gasteiger partial charge < -0.3 is 14.4 Å². The van der Waals surface area contributed by atoms with Crippen LogP contribution in [0.2, 0.25) is 0 Å². The Morgan fingerprint density at radius 2 is 2.00 bits per heavy atom. The molecule has 2 saturated heterocycles. The van der Waals surface area contributed by atoms with Gasteiger partial charge in [0.05, 0.1) is 13.2 Å². The minimum Gasteiger partial charge on any atom is -0.348 e. The fourth-order valence-corrected chi connectivity index (χ4v) is 3.79. The number of likely N-dealkylation sites (tertiary alicyclic amines) is 1. The molecule has 0 bridgehead atoms. The molecule has 0 spiro atoms. The summed E-state index contributed by atoms with van der Waals surface area (Å²) in [5, 5.41) is 0. The zero-order valence-corrected chi connectivity index (χ0v) is 13.1. The van der Waals surface area contributed by atoms with Crippen LogP contribution < -0.4 is 0 Å². The van der Waals surface area contributed by atoms with Crippen molar-refractivity contribution in [2.24, 2.45) is 5.92 Å². The van der Waals surface area contributed by atoms with Crippen molar-refractivity contribution in [3.05, 3.63) is 11.6 Å². The zero-order chi connectivity index (χ0) is 14.7. The van der Waals surface area contributed by atoms with Gasteiger partial charge in [-0.1, -0.05) is 11.6 Å². The average molecular weight is 293 g/mol. The first-order valence-electron chi connectivity index (χ1n) is 8.41. The highest BCUT2D eigenvalue weighted by Gasteiger charge is 2.41. The minimum atomic E-state index is -0.416. The summed E-state index contributed by atoms with van der Waals surface area (Å²) in [6, 6.07) is 0. The summed E-state index contributed by atoms with van der Waals surface area (Å²) in [5.74, 6) is 0.305. The van der Waals surface area contributed by atoms with E-state index in [1.54, 1.807) is 0 Å². The Morgan fingerprint density at radius 3 is 2.62 bits per heavy atom. The molecule has 21 heavy (non-hydrogen) atoms. The van der Waals surface area contributed by atoms with E-state index in [1.807, 2.05) is 4.90 Å². The molecule has 0 radical (unpaired) electrons. The lowest BCUT2D eigenvalue weighted by Crippen LogP contribution is -2.46. The predicted octanol–water partition coefficient (Wildman–Crippen LogP) is 2.88. The highest BCUT2D eigenvalue weighted by Crippen LogP contribution is 2.35. The van der Waals surface area contributed by atoms with E-state index >= 15 is 0 Å². The van der Waals surface area contributed by atoms with Crippen molar-refractivity contribution in [3.63, 3.8) is 0 Å². The normalized spacial score (nSPS) is 26.7. The van der Waals surface area contributed by atoms with Crippen LogP contribution in [-0.4, -0.2) is 42.9 Å². The number of rotatable bonds is 3. The monoisotopic (exact) mass is 293 g/mol. The Bertz CT molecular complexity index is 404. The van der Waals surface area contributed by atoms with Gasteiger partial charge in [0.15, 0.2) is 5.79 Å². The van der Waals surface area contributed by atoms with Crippen molar-refractivity contribution < 1.29 is 14.3 Å². The average Bonchev–Trinajstić information content (AvgIpc) is 2.96. The van der Waals surface area contributed by atoms with E-state index in [2.05, 4.69) is 13.0 Å². The lowest BCUT2D eigenvalue weighted by molar-refractivity contribution is -0.191. The molecular weight excluding hydrogens is 266 g/mol. The summed E-state index contributed by atoms with van der Waals surface area (Å²) >= 11 is 0. The number of hydrogen-bond acceptors (Lipinski definition) is 3. The van der Waals surface area contributed by atoms with Crippen molar-refractivity contribution in [1.29, 1.82) is 0 Å². The number of hydrogen-bond donors (Lipinski definition) is 0. The molecule has 3 aliphatic rings. The summed E-state index contributed by atoms with van der Waals surface area (Å²) in [4.78, 5) is 14.4. The van der Waals surface area contributed by atoms with Crippen LogP contribution in [0.15, 0.2) is 11.6 Å². The lowest BCUT2D eigenvalue weighted by Gasteiger charge is -2.39. The Balaban J connectivity index is 1.48. The summed E-state index contributed by atoms with van der Waals surface area (Å²) in [7, 11) is 0. The molecule has 1 aliphatic carbocycles. The third kappa shape index (κ3) is 3.49. The molecule has 0 unspecified atom stereocenters. The van der Waals surface area contributed by atoms with E-state index in [0.717, 1.165) is 38.8 Å². The number of amides is 1. The topological polar surface area (TPSA) is 38.8 Å². The molecule has 2 aliphatic heterocycles. The quantitative estimate of drug-likeness (QED) is 0.751. The molecule has 0 N–H and O–H groups in total. The molecule has 4 heteroatoms. The van der Waals surface area contributed by atoms with E-state index in [-0.39, 0.29) is 0 Å². The first-order chi connectivity index (χ1) is 10.2.